The second-order valence-electron chi connectivity index (χ2n) is 4.79. The molecule has 5 heteroatoms. The molecule has 104 valence electrons. The summed E-state index contributed by atoms with van der Waals surface area (Å²) in [6, 6.07) is 9.52. The van der Waals surface area contributed by atoms with E-state index in [0.717, 1.165) is 16.2 Å². The molecular weight excluding hydrogens is 294 g/mol. The molecule has 1 aliphatic rings. The molecule has 1 N–H and O–H groups in total. The van der Waals surface area contributed by atoms with Crippen molar-refractivity contribution in [2.75, 3.05) is 0 Å². The van der Waals surface area contributed by atoms with Gasteiger partial charge in [-0.2, -0.15) is 0 Å². The molecule has 1 aromatic carbocycles. The summed E-state index contributed by atoms with van der Waals surface area (Å²) >= 11 is 7.63. The molecule has 1 aliphatic heterocycles. The zero-order valence-electron chi connectivity index (χ0n) is 11.0. The average Bonchev–Trinajstić information content (AvgIpc) is 3.01. The fourth-order valence-electron chi connectivity index (χ4n) is 2.23. The molecule has 3 nitrogen and oxygen atoms in total. The molecule has 2 aromatic rings. The predicted octanol–water partition coefficient (Wildman–Crippen LogP) is 3.33. The monoisotopic (exact) mass is 307 g/mol. The number of fused-ring (bicyclic) bond motifs is 1. The standard InChI is InChI=1S/C15H14ClNO2S/c1-9-2-4-12(20-9)8-17-15(18)14-7-10-6-11(16)3-5-13(10)19-14/h2-6,14H,7-8H2,1H3,(H,17,18). The first kappa shape index (κ1) is 13.5. The first-order chi connectivity index (χ1) is 9.61. The molecule has 0 spiro atoms. The number of thiophene rings is 1. The normalized spacial score (nSPS) is 16.6. The molecule has 1 amide bonds. The van der Waals surface area contributed by atoms with Gasteiger partial charge in [0.05, 0.1) is 6.54 Å². The number of carbonyl (C=O) groups excluding carboxylic acids is 1. The summed E-state index contributed by atoms with van der Waals surface area (Å²) in [6.07, 6.45) is 0.120. The van der Waals surface area contributed by atoms with Crippen molar-refractivity contribution in [1.82, 2.24) is 5.32 Å². The molecule has 2 heterocycles. The Morgan fingerprint density at radius 1 is 1.45 bits per heavy atom. The molecular formula is C15H14ClNO2S. The Hall–Kier alpha value is -1.52. The number of hydrogen-bond donors (Lipinski definition) is 1. The number of halogens is 1. The Bertz CT molecular complexity index is 653. The van der Waals surface area contributed by atoms with Crippen LogP contribution in [0.2, 0.25) is 5.02 Å². The zero-order valence-corrected chi connectivity index (χ0v) is 12.6. The van der Waals surface area contributed by atoms with Crippen molar-refractivity contribution in [3.05, 3.63) is 50.7 Å². The second kappa shape index (κ2) is 5.46. The Balaban J connectivity index is 1.60. The molecule has 0 saturated heterocycles. The number of carbonyl (C=O) groups is 1. The van der Waals surface area contributed by atoms with Crippen LogP contribution < -0.4 is 10.1 Å². The van der Waals surface area contributed by atoms with Crippen molar-refractivity contribution >= 4 is 28.8 Å². The van der Waals surface area contributed by atoms with Crippen molar-refractivity contribution < 1.29 is 9.53 Å². The fraction of sp³-hybridized carbons (Fsp3) is 0.267. The Morgan fingerprint density at radius 3 is 3.05 bits per heavy atom. The van der Waals surface area contributed by atoms with Crippen LogP contribution in [0.1, 0.15) is 15.3 Å². The highest BCUT2D eigenvalue weighted by atomic mass is 35.5. The lowest BCUT2D eigenvalue weighted by molar-refractivity contribution is -0.127. The minimum Gasteiger partial charge on any atom is -0.480 e. The molecule has 1 aromatic heterocycles. The number of benzene rings is 1. The summed E-state index contributed by atoms with van der Waals surface area (Å²) in [7, 11) is 0. The van der Waals surface area contributed by atoms with E-state index in [1.807, 2.05) is 18.2 Å². The number of hydrogen-bond acceptors (Lipinski definition) is 3. The Morgan fingerprint density at radius 2 is 2.30 bits per heavy atom. The van der Waals surface area contributed by atoms with Crippen LogP contribution in [0.4, 0.5) is 0 Å². The highest BCUT2D eigenvalue weighted by molar-refractivity contribution is 7.11. The lowest BCUT2D eigenvalue weighted by atomic mass is 10.1. The maximum absolute atomic E-state index is 12.1. The first-order valence-electron chi connectivity index (χ1n) is 6.40. The molecule has 1 unspecified atom stereocenters. The number of nitrogens with one attached hydrogen (secondary N) is 1. The van der Waals surface area contributed by atoms with Gasteiger partial charge < -0.3 is 10.1 Å². The van der Waals surface area contributed by atoms with E-state index in [2.05, 4.69) is 18.3 Å². The van der Waals surface area contributed by atoms with Gasteiger partial charge in [-0.25, -0.2) is 0 Å². The van der Waals surface area contributed by atoms with Gasteiger partial charge in [-0.1, -0.05) is 11.6 Å². The highest BCUT2D eigenvalue weighted by Gasteiger charge is 2.28. The lowest BCUT2D eigenvalue weighted by Crippen LogP contribution is -2.36. The summed E-state index contributed by atoms with van der Waals surface area (Å²) in [6.45, 7) is 2.60. The number of rotatable bonds is 3. The maximum atomic E-state index is 12.1. The van der Waals surface area contributed by atoms with Gasteiger partial charge >= 0.3 is 0 Å². The van der Waals surface area contributed by atoms with Crippen LogP contribution in [0.15, 0.2) is 30.3 Å². The minimum absolute atomic E-state index is 0.0802. The largest absolute Gasteiger partial charge is 0.480 e. The van der Waals surface area contributed by atoms with Gasteiger partial charge in [0.1, 0.15) is 5.75 Å². The quantitative estimate of drug-likeness (QED) is 0.944. The van der Waals surface area contributed by atoms with Crippen molar-refractivity contribution in [2.45, 2.75) is 26.0 Å². The van der Waals surface area contributed by atoms with E-state index >= 15 is 0 Å². The Kier molecular flexibility index (Phi) is 3.68. The van der Waals surface area contributed by atoms with Crippen LogP contribution in [-0.4, -0.2) is 12.0 Å². The molecule has 0 radical (unpaired) electrons. The average molecular weight is 308 g/mol. The second-order valence-corrected chi connectivity index (χ2v) is 6.60. The summed E-state index contributed by atoms with van der Waals surface area (Å²) in [5.74, 6) is 0.671. The third kappa shape index (κ3) is 2.81. The van der Waals surface area contributed by atoms with Crippen LogP contribution in [0.5, 0.6) is 5.75 Å². The highest BCUT2D eigenvalue weighted by Crippen LogP contribution is 2.31. The van der Waals surface area contributed by atoms with Crippen LogP contribution >= 0.6 is 22.9 Å². The van der Waals surface area contributed by atoms with E-state index in [-0.39, 0.29) is 5.91 Å². The van der Waals surface area contributed by atoms with Crippen LogP contribution in [0.25, 0.3) is 0 Å². The minimum atomic E-state index is -0.454. The van der Waals surface area contributed by atoms with Crippen molar-refractivity contribution in [2.24, 2.45) is 0 Å². The van der Waals surface area contributed by atoms with Gasteiger partial charge in [-0.05, 0) is 42.8 Å². The Labute approximate surface area is 126 Å². The number of aryl methyl sites for hydroxylation is 1. The lowest BCUT2D eigenvalue weighted by Gasteiger charge is -2.10. The van der Waals surface area contributed by atoms with Crippen molar-refractivity contribution in [3.8, 4) is 5.75 Å². The molecule has 0 aliphatic carbocycles. The maximum Gasteiger partial charge on any atom is 0.261 e. The first-order valence-corrected chi connectivity index (χ1v) is 7.59. The summed E-state index contributed by atoms with van der Waals surface area (Å²) in [5, 5.41) is 3.59. The molecule has 0 saturated carbocycles. The third-order valence-electron chi connectivity index (χ3n) is 3.22. The molecule has 0 fully saturated rings. The van der Waals surface area contributed by atoms with Crippen LogP contribution in [0.3, 0.4) is 0 Å². The van der Waals surface area contributed by atoms with Crippen molar-refractivity contribution in [1.29, 1.82) is 0 Å². The van der Waals surface area contributed by atoms with Gasteiger partial charge in [0, 0.05) is 21.2 Å². The van der Waals surface area contributed by atoms with Gasteiger partial charge in [0.25, 0.3) is 5.91 Å². The fourth-order valence-corrected chi connectivity index (χ4v) is 3.26. The molecule has 3 rings (SSSR count). The van der Waals surface area contributed by atoms with E-state index in [4.69, 9.17) is 16.3 Å². The van der Waals surface area contributed by atoms with Crippen molar-refractivity contribution in [3.63, 3.8) is 0 Å². The summed E-state index contributed by atoms with van der Waals surface area (Å²) in [4.78, 5) is 14.5. The van der Waals surface area contributed by atoms with Crippen LogP contribution in [0, 0.1) is 6.92 Å². The molecule has 0 bridgehead atoms. The topological polar surface area (TPSA) is 38.3 Å². The molecule has 1 atom stereocenters. The zero-order chi connectivity index (χ0) is 14.1. The van der Waals surface area contributed by atoms with E-state index in [9.17, 15) is 4.79 Å². The molecule has 20 heavy (non-hydrogen) atoms. The van der Waals surface area contributed by atoms with Gasteiger partial charge in [0.15, 0.2) is 6.10 Å². The van der Waals surface area contributed by atoms with Gasteiger partial charge in [0.2, 0.25) is 0 Å². The van der Waals surface area contributed by atoms with Gasteiger partial charge in [-0.15, -0.1) is 11.3 Å². The van der Waals surface area contributed by atoms with E-state index in [0.29, 0.717) is 18.0 Å². The number of ether oxygens (including phenoxy) is 1. The van der Waals surface area contributed by atoms with E-state index in [1.165, 1.54) is 4.88 Å². The SMILES string of the molecule is Cc1ccc(CNC(=O)C2Cc3cc(Cl)ccc3O2)s1. The van der Waals surface area contributed by atoms with Gasteiger partial charge in [-0.3, -0.25) is 4.79 Å². The predicted molar refractivity (Wildman–Crippen MR) is 80.5 cm³/mol. The summed E-state index contributed by atoms with van der Waals surface area (Å²) < 4.78 is 5.65. The smallest absolute Gasteiger partial charge is 0.261 e. The summed E-state index contributed by atoms with van der Waals surface area (Å²) in [5.41, 5.74) is 0.990. The number of amides is 1. The van der Waals surface area contributed by atoms with Crippen LogP contribution in [-0.2, 0) is 17.8 Å². The van der Waals surface area contributed by atoms with E-state index < -0.39 is 6.10 Å². The van der Waals surface area contributed by atoms with E-state index in [1.54, 1.807) is 17.4 Å². The third-order valence-corrected chi connectivity index (χ3v) is 4.46.